The first-order valence-electron chi connectivity index (χ1n) is 10.5. The number of hydrogen-bond acceptors (Lipinski definition) is 7. The number of sulfonamides is 1. The van der Waals surface area contributed by atoms with E-state index in [9.17, 15) is 13.2 Å². The summed E-state index contributed by atoms with van der Waals surface area (Å²) in [5.41, 5.74) is 1.66. The third-order valence-corrected chi connectivity index (χ3v) is 7.12. The summed E-state index contributed by atoms with van der Waals surface area (Å²) >= 11 is 0. The second-order valence-electron chi connectivity index (χ2n) is 7.61. The Morgan fingerprint density at radius 2 is 1.69 bits per heavy atom. The maximum Gasteiger partial charge on any atom is 0.243 e. The fraction of sp³-hybridized carbons (Fsp3) is 0.409. The topological polar surface area (TPSA) is 97.4 Å². The van der Waals surface area contributed by atoms with Crippen molar-refractivity contribution >= 4 is 27.3 Å². The molecule has 4 rings (SSSR count). The number of carbonyl (C=O) groups is 1. The van der Waals surface area contributed by atoms with Crippen molar-refractivity contribution in [2.24, 2.45) is 0 Å². The van der Waals surface area contributed by atoms with Crippen LogP contribution in [0.25, 0.3) is 0 Å². The van der Waals surface area contributed by atoms with E-state index in [1.54, 1.807) is 18.2 Å². The van der Waals surface area contributed by atoms with Crippen LogP contribution in [0.2, 0.25) is 0 Å². The quantitative estimate of drug-likeness (QED) is 0.702. The average Bonchev–Trinajstić information content (AvgIpc) is 3.05. The van der Waals surface area contributed by atoms with Crippen LogP contribution >= 0.6 is 0 Å². The molecule has 1 fully saturated rings. The number of amides is 1. The SMILES string of the molecule is CN(CC(=O)Nc1ccc(N2CCOCC2)cc1)S(=O)(=O)c1ccc2c(c1)OCCCO2. The number of likely N-dealkylation sites (N-methyl/N-ethyl adjacent to an activating group) is 1. The fourth-order valence-electron chi connectivity index (χ4n) is 3.55. The number of ether oxygens (including phenoxy) is 3. The molecule has 2 aliphatic heterocycles. The molecule has 0 aromatic heterocycles. The number of nitrogens with one attached hydrogen (secondary N) is 1. The number of morpholine rings is 1. The van der Waals surface area contributed by atoms with Gasteiger partial charge < -0.3 is 24.4 Å². The smallest absolute Gasteiger partial charge is 0.243 e. The average molecular weight is 462 g/mol. The number of nitrogens with zero attached hydrogens (tertiary/aromatic N) is 2. The maximum atomic E-state index is 12.9. The lowest BCUT2D eigenvalue weighted by Gasteiger charge is -2.28. The molecule has 0 atom stereocenters. The van der Waals surface area contributed by atoms with Crippen molar-refractivity contribution in [3.05, 3.63) is 42.5 Å². The van der Waals surface area contributed by atoms with Gasteiger partial charge in [-0.1, -0.05) is 0 Å². The van der Waals surface area contributed by atoms with E-state index < -0.39 is 15.9 Å². The van der Waals surface area contributed by atoms with Crippen molar-refractivity contribution in [3.63, 3.8) is 0 Å². The highest BCUT2D eigenvalue weighted by Crippen LogP contribution is 2.32. The van der Waals surface area contributed by atoms with Crippen LogP contribution in [0.5, 0.6) is 11.5 Å². The Balaban J connectivity index is 1.38. The van der Waals surface area contributed by atoms with E-state index >= 15 is 0 Å². The summed E-state index contributed by atoms with van der Waals surface area (Å²) < 4.78 is 43.4. The Kier molecular flexibility index (Phi) is 6.83. The number of carbonyl (C=O) groups excluding carboxylic acids is 1. The molecule has 1 N–H and O–H groups in total. The Bertz CT molecular complexity index is 1050. The Morgan fingerprint density at radius 1 is 1.00 bits per heavy atom. The van der Waals surface area contributed by atoms with Crippen molar-refractivity contribution in [2.45, 2.75) is 11.3 Å². The Labute approximate surface area is 187 Å². The molecule has 9 nitrogen and oxygen atoms in total. The van der Waals surface area contributed by atoms with Gasteiger partial charge in [-0.15, -0.1) is 0 Å². The van der Waals surface area contributed by atoms with Crippen molar-refractivity contribution in [2.75, 3.05) is 63.3 Å². The largest absolute Gasteiger partial charge is 0.490 e. The lowest BCUT2D eigenvalue weighted by molar-refractivity contribution is -0.116. The molecule has 1 saturated heterocycles. The van der Waals surface area contributed by atoms with E-state index in [2.05, 4.69) is 10.2 Å². The van der Waals surface area contributed by atoms with Gasteiger partial charge in [-0.25, -0.2) is 8.42 Å². The lowest BCUT2D eigenvalue weighted by Crippen LogP contribution is -2.36. The van der Waals surface area contributed by atoms with Crippen LogP contribution < -0.4 is 19.7 Å². The number of hydrogen-bond donors (Lipinski definition) is 1. The normalized spacial score (nSPS) is 16.5. The van der Waals surface area contributed by atoms with E-state index in [-0.39, 0.29) is 11.4 Å². The van der Waals surface area contributed by atoms with Crippen molar-refractivity contribution < 1.29 is 27.4 Å². The lowest BCUT2D eigenvalue weighted by atomic mass is 10.2. The predicted octanol–water partition coefficient (Wildman–Crippen LogP) is 1.94. The van der Waals surface area contributed by atoms with Crippen LogP contribution in [0.15, 0.2) is 47.4 Å². The molecule has 1 amide bonds. The molecule has 2 aromatic carbocycles. The van der Waals surface area contributed by atoms with Crippen molar-refractivity contribution in [1.82, 2.24) is 4.31 Å². The van der Waals surface area contributed by atoms with E-state index in [1.165, 1.54) is 19.2 Å². The summed E-state index contributed by atoms with van der Waals surface area (Å²) in [6, 6.07) is 12.0. The second kappa shape index (κ2) is 9.76. The van der Waals surface area contributed by atoms with Crippen LogP contribution in [0.1, 0.15) is 6.42 Å². The molecule has 10 heteroatoms. The fourth-order valence-corrected chi connectivity index (χ4v) is 4.69. The number of fused-ring (bicyclic) bond motifs is 1. The summed E-state index contributed by atoms with van der Waals surface area (Å²) in [7, 11) is -2.50. The highest BCUT2D eigenvalue weighted by Gasteiger charge is 2.25. The zero-order chi connectivity index (χ0) is 22.6. The van der Waals surface area contributed by atoms with E-state index in [0.717, 1.165) is 29.5 Å². The first-order valence-corrected chi connectivity index (χ1v) is 12.0. The molecule has 0 spiro atoms. The molecule has 0 radical (unpaired) electrons. The van der Waals surface area contributed by atoms with Crippen LogP contribution in [0.3, 0.4) is 0 Å². The number of rotatable bonds is 6. The summed E-state index contributed by atoms with van der Waals surface area (Å²) in [6.07, 6.45) is 0.726. The Hall–Kier alpha value is -2.82. The monoisotopic (exact) mass is 461 g/mol. The van der Waals surface area contributed by atoms with Gasteiger partial charge in [-0.05, 0) is 36.4 Å². The Morgan fingerprint density at radius 3 is 2.41 bits per heavy atom. The summed E-state index contributed by atoms with van der Waals surface area (Å²) in [4.78, 5) is 14.7. The molecular weight excluding hydrogens is 434 g/mol. The number of anilines is 2. The van der Waals surface area contributed by atoms with Crippen LogP contribution in [0, 0.1) is 0 Å². The van der Waals surface area contributed by atoms with Gasteiger partial charge in [0.1, 0.15) is 0 Å². The highest BCUT2D eigenvalue weighted by atomic mass is 32.2. The first kappa shape index (κ1) is 22.4. The van der Waals surface area contributed by atoms with Gasteiger partial charge in [0.25, 0.3) is 0 Å². The molecule has 0 saturated carbocycles. The maximum absolute atomic E-state index is 12.9. The van der Waals surface area contributed by atoms with Gasteiger partial charge in [0.15, 0.2) is 11.5 Å². The van der Waals surface area contributed by atoms with E-state index in [1.807, 2.05) is 12.1 Å². The highest BCUT2D eigenvalue weighted by molar-refractivity contribution is 7.89. The summed E-state index contributed by atoms with van der Waals surface area (Å²) in [5.74, 6) is 0.480. The molecule has 0 bridgehead atoms. The number of benzene rings is 2. The summed E-state index contributed by atoms with van der Waals surface area (Å²) in [5, 5.41) is 2.75. The van der Waals surface area contributed by atoms with Gasteiger partial charge in [0.2, 0.25) is 15.9 Å². The minimum absolute atomic E-state index is 0.0481. The minimum Gasteiger partial charge on any atom is -0.490 e. The van der Waals surface area contributed by atoms with E-state index in [4.69, 9.17) is 14.2 Å². The third kappa shape index (κ3) is 5.14. The van der Waals surface area contributed by atoms with Crippen molar-refractivity contribution in [3.8, 4) is 11.5 Å². The van der Waals surface area contributed by atoms with Crippen LogP contribution in [-0.4, -0.2) is 71.7 Å². The zero-order valence-corrected chi connectivity index (χ0v) is 18.8. The first-order chi connectivity index (χ1) is 15.4. The van der Waals surface area contributed by atoms with Gasteiger partial charge in [0.05, 0.1) is 37.9 Å². The van der Waals surface area contributed by atoms with Gasteiger partial charge in [-0.2, -0.15) is 4.31 Å². The molecular formula is C22H27N3O6S. The van der Waals surface area contributed by atoms with Crippen LogP contribution in [0.4, 0.5) is 11.4 Å². The standard InChI is InChI=1S/C22H27N3O6S/c1-24(32(27,28)19-7-8-20-21(15-19)31-12-2-11-30-20)16-22(26)23-17-3-5-18(6-4-17)25-9-13-29-14-10-25/h3-8,15H,2,9-14,16H2,1H3,(H,23,26). The van der Waals surface area contributed by atoms with Crippen molar-refractivity contribution in [1.29, 1.82) is 0 Å². The predicted molar refractivity (Wildman–Crippen MR) is 120 cm³/mol. The van der Waals surface area contributed by atoms with E-state index in [0.29, 0.717) is 43.6 Å². The summed E-state index contributed by atoms with van der Waals surface area (Å²) in [6.45, 7) is 3.71. The van der Waals surface area contributed by atoms with Gasteiger partial charge in [-0.3, -0.25) is 4.79 Å². The van der Waals surface area contributed by atoms with Gasteiger partial charge >= 0.3 is 0 Å². The minimum atomic E-state index is -3.87. The molecule has 32 heavy (non-hydrogen) atoms. The molecule has 0 unspecified atom stereocenters. The molecule has 0 aliphatic carbocycles. The molecule has 172 valence electrons. The zero-order valence-electron chi connectivity index (χ0n) is 18.0. The second-order valence-corrected chi connectivity index (χ2v) is 9.66. The third-order valence-electron chi connectivity index (χ3n) is 5.32. The molecule has 2 aromatic rings. The van der Waals surface area contributed by atoms with Crippen LogP contribution in [-0.2, 0) is 19.6 Å². The molecule has 2 heterocycles. The van der Waals surface area contributed by atoms with Gasteiger partial charge in [0, 0.05) is 44.0 Å². The molecule has 2 aliphatic rings.